The molecule has 0 bridgehead atoms. The van der Waals surface area contributed by atoms with Crippen LogP contribution in [0.25, 0.3) is 0 Å². The normalized spacial score (nSPS) is 11.3. The molecule has 0 fully saturated rings. The van der Waals surface area contributed by atoms with Crippen LogP contribution in [0, 0.1) is 11.3 Å². The number of benzene rings is 1. The molecule has 0 spiro atoms. The highest BCUT2D eigenvalue weighted by atomic mass is 32.2. The van der Waals surface area contributed by atoms with E-state index in [2.05, 4.69) is 11.4 Å². The topological polar surface area (TPSA) is 101 Å². The minimum Gasteiger partial charge on any atom is -0.342 e. The van der Waals surface area contributed by atoms with Gasteiger partial charge in [-0.3, -0.25) is 0 Å². The Hall–Kier alpha value is -2.14. The van der Waals surface area contributed by atoms with Gasteiger partial charge in [-0.05, 0) is 29.3 Å². The van der Waals surface area contributed by atoms with Crippen LogP contribution in [-0.2, 0) is 30.2 Å². The fourth-order valence-electron chi connectivity index (χ4n) is 1.99. The van der Waals surface area contributed by atoms with Gasteiger partial charge >= 0.3 is 0 Å². The standard InChI is InChI=1S/C14H16N4O2S/c1-18-10-12(6-13(18)7-15)9-17-8-11-2-4-14(5-3-11)21(16,19)20/h2-6,10,17H,8-9H2,1H3,(H2,16,19,20). The van der Waals surface area contributed by atoms with Crippen LogP contribution in [0.4, 0.5) is 0 Å². The molecular formula is C14H16N4O2S. The molecule has 0 aliphatic rings. The van der Waals surface area contributed by atoms with Crippen molar-refractivity contribution in [3.8, 4) is 6.07 Å². The summed E-state index contributed by atoms with van der Waals surface area (Å²) in [4.78, 5) is 0.105. The second kappa shape index (κ2) is 6.10. The van der Waals surface area contributed by atoms with Gasteiger partial charge in [-0.1, -0.05) is 12.1 Å². The first-order chi connectivity index (χ1) is 9.90. The van der Waals surface area contributed by atoms with Crippen LogP contribution in [0.3, 0.4) is 0 Å². The van der Waals surface area contributed by atoms with Crippen molar-refractivity contribution in [3.05, 3.63) is 53.3 Å². The fraction of sp³-hybridized carbons (Fsp3) is 0.214. The van der Waals surface area contributed by atoms with E-state index in [1.807, 2.05) is 19.3 Å². The lowest BCUT2D eigenvalue weighted by Gasteiger charge is -2.04. The molecule has 0 atom stereocenters. The predicted molar refractivity (Wildman–Crippen MR) is 78.5 cm³/mol. The summed E-state index contributed by atoms with van der Waals surface area (Å²) >= 11 is 0. The van der Waals surface area contributed by atoms with Gasteiger partial charge in [-0.2, -0.15) is 5.26 Å². The minimum absolute atomic E-state index is 0.105. The van der Waals surface area contributed by atoms with Gasteiger partial charge in [0.1, 0.15) is 11.8 Å². The van der Waals surface area contributed by atoms with Gasteiger partial charge in [0.15, 0.2) is 0 Å². The molecule has 21 heavy (non-hydrogen) atoms. The van der Waals surface area contributed by atoms with Crippen LogP contribution < -0.4 is 10.5 Å². The predicted octanol–water partition coefficient (Wildman–Crippen LogP) is 0.834. The van der Waals surface area contributed by atoms with E-state index in [9.17, 15) is 8.42 Å². The molecule has 6 nitrogen and oxygen atoms in total. The fourth-order valence-corrected chi connectivity index (χ4v) is 2.50. The Bertz CT molecular complexity index is 770. The molecule has 0 saturated heterocycles. The van der Waals surface area contributed by atoms with Crippen LogP contribution in [0.2, 0.25) is 0 Å². The van der Waals surface area contributed by atoms with E-state index in [0.717, 1.165) is 11.1 Å². The first-order valence-electron chi connectivity index (χ1n) is 6.28. The summed E-state index contributed by atoms with van der Waals surface area (Å²) in [6, 6.07) is 10.4. The summed E-state index contributed by atoms with van der Waals surface area (Å²) in [6.07, 6.45) is 1.90. The Morgan fingerprint density at radius 3 is 2.38 bits per heavy atom. The van der Waals surface area contributed by atoms with Crippen molar-refractivity contribution in [3.63, 3.8) is 0 Å². The third kappa shape index (κ3) is 3.92. The monoisotopic (exact) mass is 304 g/mol. The third-order valence-corrected chi connectivity index (χ3v) is 4.02. The average molecular weight is 304 g/mol. The summed E-state index contributed by atoms with van der Waals surface area (Å²) in [5.74, 6) is 0. The minimum atomic E-state index is -3.64. The van der Waals surface area contributed by atoms with E-state index in [-0.39, 0.29) is 4.90 Å². The highest BCUT2D eigenvalue weighted by Gasteiger charge is 2.06. The molecule has 1 aromatic heterocycles. The summed E-state index contributed by atoms with van der Waals surface area (Å²) in [5.41, 5.74) is 2.60. The highest BCUT2D eigenvalue weighted by Crippen LogP contribution is 2.09. The average Bonchev–Trinajstić information content (AvgIpc) is 2.79. The molecule has 0 aliphatic carbocycles. The number of hydrogen-bond donors (Lipinski definition) is 2. The molecule has 0 unspecified atom stereocenters. The first-order valence-corrected chi connectivity index (χ1v) is 7.82. The Kier molecular flexibility index (Phi) is 4.43. The van der Waals surface area contributed by atoms with E-state index in [0.29, 0.717) is 18.8 Å². The number of primary sulfonamides is 1. The van der Waals surface area contributed by atoms with Gasteiger partial charge in [0, 0.05) is 26.3 Å². The zero-order valence-electron chi connectivity index (χ0n) is 11.6. The van der Waals surface area contributed by atoms with Gasteiger partial charge in [0.25, 0.3) is 0 Å². The van der Waals surface area contributed by atoms with Gasteiger partial charge in [-0.15, -0.1) is 0 Å². The van der Waals surface area contributed by atoms with Crippen molar-refractivity contribution >= 4 is 10.0 Å². The van der Waals surface area contributed by atoms with Crippen molar-refractivity contribution in [2.24, 2.45) is 12.2 Å². The molecule has 1 heterocycles. The third-order valence-electron chi connectivity index (χ3n) is 3.09. The van der Waals surface area contributed by atoms with E-state index in [4.69, 9.17) is 10.4 Å². The van der Waals surface area contributed by atoms with Crippen LogP contribution in [0.1, 0.15) is 16.8 Å². The largest absolute Gasteiger partial charge is 0.342 e. The SMILES string of the molecule is Cn1cc(CNCc2ccc(S(N)(=O)=O)cc2)cc1C#N. The number of sulfonamides is 1. The van der Waals surface area contributed by atoms with Crippen LogP contribution in [0.5, 0.6) is 0 Å². The van der Waals surface area contributed by atoms with E-state index in [1.165, 1.54) is 12.1 Å². The van der Waals surface area contributed by atoms with E-state index < -0.39 is 10.0 Å². The quantitative estimate of drug-likeness (QED) is 0.854. The lowest BCUT2D eigenvalue weighted by molar-refractivity contribution is 0.597. The number of nitrogens with one attached hydrogen (secondary N) is 1. The lowest BCUT2D eigenvalue weighted by Crippen LogP contribution is -2.14. The summed E-state index contributed by atoms with van der Waals surface area (Å²) < 4.78 is 24.1. The van der Waals surface area contributed by atoms with Gasteiger partial charge in [0.05, 0.1) is 4.90 Å². The van der Waals surface area contributed by atoms with Crippen LogP contribution in [-0.4, -0.2) is 13.0 Å². The van der Waals surface area contributed by atoms with E-state index in [1.54, 1.807) is 16.7 Å². The highest BCUT2D eigenvalue weighted by molar-refractivity contribution is 7.89. The molecule has 3 N–H and O–H groups in total. The zero-order chi connectivity index (χ0) is 15.5. The van der Waals surface area contributed by atoms with Crippen molar-refractivity contribution < 1.29 is 8.42 Å². The van der Waals surface area contributed by atoms with Gasteiger partial charge in [0.2, 0.25) is 10.0 Å². The number of hydrogen-bond acceptors (Lipinski definition) is 4. The van der Waals surface area contributed by atoms with Crippen LogP contribution in [0.15, 0.2) is 41.4 Å². The smallest absolute Gasteiger partial charge is 0.238 e. The van der Waals surface area contributed by atoms with Gasteiger partial charge < -0.3 is 9.88 Å². The van der Waals surface area contributed by atoms with Crippen molar-refractivity contribution in [1.82, 2.24) is 9.88 Å². The molecule has 2 aromatic rings. The Morgan fingerprint density at radius 1 is 1.24 bits per heavy atom. The molecule has 7 heteroatoms. The number of aryl methyl sites for hydroxylation is 1. The molecule has 2 rings (SSSR count). The second-order valence-electron chi connectivity index (χ2n) is 4.75. The van der Waals surface area contributed by atoms with E-state index >= 15 is 0 Å². The second-order valence-corrected chi connectivity index (χ2v) is 6.31. The number of nitriles is 1. The molecule has 0 saturated carbocycles. The maximum Gasteiger partial charge on any atom is 0.238 e. The molecule has 110 valence electrons. The number of rotatable bonds is 5. The lowest BCUT2D eigenvalue weighted by atomic mass is 10.2. The summed E-state index contributed by atoms with van der Waals surface area (Å²) in [7, 11) is -1.81. The number of nitrogens with two attached hydrogens (primary N) is 1. The number of nitrogens with zero attached hydrogens (tertiary/aromatic N) is 2. The maximum absolute atomic E-state index is 11.1. The van der Waals surface area contributed by atoms with Crippen LogP contribution >= 0.6 is 0 Å². The molecule has 1 aromatic carbocycles. The molecule has 0 aliphatic heterocycles. The van der Waals surface area contributed by atoms with Crippen molar-refractivity contribution in [2.45, 2.75) is 18.0 Å². The Morgan fingerprint density at radius 2 is 1.86 bits per heavy atom. The first kappa shape index (κ1) is 15.3. The Balaban J connectivity index is 1.93. The summed E-state index contributed by atoms with van der Waals surface area (Å²) in [5, 5.41) is 17.2. The zero-order valence-corrected chi connectivity index (χ0v) is 12.4. The van der Waals surface area contributed by atoms with Crippen molar-refractivity contribution in [2.75, 3.05) is 0 Å². The summed E-state index contributed by atoms with van der Waals surface area (Å²) in [6.45, 7) is 1.23. The Labute approximate surface area is 123 Å². The molecule has 0 radical (unpaired) electrons. The molecular weight excluding hydrogens is 288 g/mol. The van der Waals surface area contributed by atoms with Crippen molar-refractivity contribution in [1.29, 1.82) is 5.26 Å². The van der Waals surface area contributed by atoms with Gasteiger partial charge in [-0.25, -0.2) is 13.6 Å². The maximum atomic E-state index is 11.1. The number of aromatic nitrogens is 1. The molecule has 0 amide bonds.